The van der Waals surface area contributed by atoms with Crippen LogP contribution >= 0.6 is 15.9 Å². The Kier molecular flexibility index (Phi) is 7.57. The molecule has 3 N–H and O–H groups in total. The molecule has 2 atom stereocenters. The standard InChI is InChI=1S/C16H18BrFN2O4/c1-9(17)6-14(16(23)24)20-15(22)13(19-10(2)21)8-11-4-3-5-12(18)7-11/h3-5,7,13-14H,1,6,8H2,2H3,(H,19,21)(H,20,22)(H,23,24)/t13-,14-/m1/s1. The second kappa shape index (κ2) is 9.17. The number of hydrogen-bond acceptors (Lipinski definition) is 3. The minimum Gasteiger partial charge on any atom is -0.480 e. The van der Waals surface area contributed by atoms with E-state index in [1.54, 1.807) is 6.07 Å². The average Bonchev–Trinajstić information content (AvgIpc) is 2.44. The van der Waals surface area contributed by atoms with Crippen LogP contribution in [0.25, 0.3) is 0 Å². The van der Waals surface area contributed by atoms with E-state index in [0.717, 1.165) is 0 Å². The predicted octanol–water partition coefficient (Wildman–Crippen LogP) is 1.74. The van der Waals surface area contributed by atoms with Gasteiger partial charge in [0, 0.05) is 19.8 Å². The molecule has 0 aliphatic rings. The average molecular weight is 401 g/mol. The van der Waals surface area contributed by atoms with Gasteiger partial charge in [0.05, 0.1) is 0 Å². The number of hydrogen-bond donors (Lipinski definition) is 3. The lowest BCUT2D eigenvalue weighted by Gasteiger charge is -2.21. The van der Waals surface area contributed by atoms with Crippen molar-refractivity contribution in [2.24, 2.45) is 0 Å². The molecular weight excluding hydrogens is 383 g/mol. The summed E-state index contributed by atoms with van der Waals surface area (Å²) in [4.78, 5) is 34.9. The fourth-order valence-corrected chi connectivity index (χ4v) is 2.37. The number of halogens is 2. The number of amides is 2. The number of benzene rings is 1. The van der Waals surface area contributed by atoms with Gasteiger partial charge in [-0.1, -0.05) is 34.6 Å². The van der Waals surface area contributed by atoms with E-state index < -0.39 is 35.7 Å². The van der Waals surface area contributed by atoms with Gasteiger partial charge in [-0.25, -0.2) is 9.18 Å². The van der Waals surface area contributed by atoms with Crippen LogP contribution in [0, 0.1) is 5.82 Å². The number of carboxylic acids is 1. The third-order valence-corrected chi connectivity index (χ3v) is 3.39. The second-order valence-electron chi connectivity index (χ2n) is 5.21. The van der Waals surface area contributed by atoms with Crippen molar-refractivity contribution in [3.8, 4) is 0 Å². The maximum atomic E-state index is 13.3. The molecule has 0 fully saturated rings. The molecule has 0 radical (unpaired) electrons. The lowest BCUT2D eigenvalue weighted by molar-refractivity contribution is -0.142. The second-order valence-corrected chi connectivity index (χ2v) is 6.33. The maximum absolute atomic E-state index is 13.3. The van der Waals surface area contributed by atoms with Gasteiger partial charge < -0.3 is 15.7 Å². The fourth-order valence-electron chi connectivity index (χ4n) is 2.05. The monoisotopic (exact) mass is 400 g/mol. The van der Waals surface area contributed by atoms with E-state index in [1.165, 1.54) is 25.1 Å². The van der Waals surface area contributed by atoms with Crippen LogP contribution in [-0.4, -0.2) is 35.0 Å². The molecule has 1 rings (SSSR count). The Morgan fingerprint density at radius 1 is 1.29 bits per heavy atom. The molecule has 0 aromatic heterocycles. The Balaban J connectivity index is 2.89. The summed E-state index contributed by atoms with van der Waals surface area (Å²) in [6.45, 7) is 4.78. The number of carbonyl (C=O) groups is 3. The van der Waals surface area contributed by atoms with E-state index in [1.807, 2.05) is 0 Å². The molecule has 6 nitrogen and oxygen atoms in total. The SMILES string of the molecule is C=C(Br)C[C@@H](NC(=O)[C@@H](Cc1cccc(F)c1)NC(C)=O)C(=O)O. The molecule has 24 heavy (non-hydrogen) atoms. The highest BCUT2D eigenvalue weighted by molar-refractivity contribution is 9.11. The zero-order valence-corrected chi connectivity index (χ0v) is 14.6. The molecule has 1 aromatic carbocycles. The fraction of sp³-hybridized carbons (Fsp3) is 0.312. The highest BCUT2D eigenvalue weighted by Gasteiger charge is 2.26. The molecule has 0 saturated carbocycles. The first-order chi connectivity index (χ1) is 11.2. The number of rotatable bonds is 8. The van der Waals surface area contributed by atoms with Gasteiger partial charge in [-0.05, 0) is 22.2 Å². The maximum Gasteiger partial charge on any atom is 0.326 e. The Morgan fingerprint density at radius 3 is 2.46 bits per heavy atom. The van der Waals surface area contributed by atoms with Crippen LogP contribution < -0.4 is 10.6 Å². The van der Waals surface area contributed by atoms with Crippen molar-refractivity contribution in [3.63, 3.8) is 0 Å². The topological polar surface area (TPSA) is 95.5 Å². The van der Waals surface area contributed by atoms with Crippen molar-refractivity contribution < 1.29 is 23.9 Å². The van der Waals surface area contributed by atoms with Crippen LogP contribution in [0.15, 0.2) is 35.3 Å². The summed E-state index contributed by atoms with van der Waals surface area (Å²) in [5.41, 5.74) is 0.501. The smallest absolute Gasteiger partial charge is 0.326 e. The molecular formula is C16H18BrFN2O4. The highest BCUT2D eigenvalue weighted by atomic mass is 79.9. The van der Waals surface area contributed by atoms with Crippen molar-refractivity contribution >= 4 is 33.7 Å². The van der Waals surface area contributed by atoms with Gasteiger partial charge >= 0.3 is 5.97 Å². The van der Waals surface area contributed by atoms with E-state index in [4.69, 9.17) is 5.11 Å². The Labute approximate surface area is 147 Å². The van der Waals surface area contributed by atoms with E-state index >= 15 is 0 Å². The van der Waals surface area contributed by atoms with E-state index in [2.05, 4.69) is 33.1 Å². The minimum absolute atomic E-state index is 0.00612. The van der Waals surface area contributed by atoms with Crippen LogP contribution in [0.5, 0.6) is 0 Å². The van der Waals surface area contributed by atoms with Crippen molar-refractivity contribution in [2.45, 2.75) is 31.8 Å². The predicted molar refractivity (Wildman–Crippen MR) is 90.0 cm³/mol. The first kappa shape index (κ1) is 19.8. The Hall–Kier alpha value is -2.22. The van der Waals surface area contributed by atoms with Crippen LogP contribution in [-0.2, 0) is 20.8 Å². The molecule has 0 heterocycles. The first-order valence-corrected chi connectivity index (χ1v) is 7.86. The number of carbonyl (C=O) groups excluding carboxylic acids is 2. The third kappa shape index (κ3) is 6.91. The summed E-state index contributed by atoms with van der Waals surface area (Å²) in [5.74, 6) is -2.82. The van der Waals surface area contributed by atoms with Gasteiger partial charge in [0.1, 0.15) is 17.9 Å². The molecule has 1 aromatic rings. The lowest BCUT2D eigenvalue weighted by Crippen LogP contribution is -2.52. The molecule has 130 valence electrons. The minimum atomic E-state index is -1.23. The van der Waals surface area contributed by atoms with Gasteiger partial charge in [-0.15, -0.1) is 0 Å². The van der Waals surface area contributed by atoms with E-state index in [0.29, 0.717) is 10.0 Å². The van der Waals surface area contributed by atoms with Gasteiger partial charge in [0.25, 0.3) is 0 Å². The van der Waals surface area contributed by atoms with Crippen LogP contribution in [0.1, 0.15) is 18.9 Å². The van der Waals surface area contributed by atoms with Crippen molar-refractivity contribution in [3.05, 3.63) is 46.7 Å². The molecule has 2 amide bonds. The summed E-state index contributed by atoms with van der Waals surface area (Å²) >= 11 is 3.05. The zero-order valence-electron chi connectivity index (χ0n) is 13.0. The van der Waals surface area contributed by atoms with Gasteiger partial charge in [0.15, 0.2) is 0 Å². The molecule has 0 unspecified atom stereocenters. The molecule has 0 aliphatic heterocycles. The molecule has 8 heteroatoms. The van der Waals surface area contributed by atoms with Gasteiger partial charge in [-0.3, -0.25) is 9.59 Å². The van der Waals surface area contributed by atoms with Crippen molar-refractivity contribution in [1.29, 1.82) is 0 Å². The largest absolute Gasteiger partial charge is 0.480 e. The molecule has 0 saturated heterocycles. The molecule has 0 spiro atoms. The van der Waals surface area contributed by atoms with Gasteiger partial charge in [0.2, 0.25) is 11.8 Å². The number of nitrogens with one attached hydrogen (secondary N) is 2. The number of carboxylic acid groups (broad SMARTS) is 1. The number of aliphatic carboxylic acids is 1. The third-order valence-electron chi connectivity index (χ3n) is 3.06. The van der Waals surface area contributed by atoms with Crippen LogP contribution in [0.2, 0.25) is 0 Å². The van der Waals surface area contributed by atoms with Crippen LogP contribution in [0.3, 0.4) is 0 Å². The van der Waals surface area contributed by atoms with Crippen molar-refractivity contribution in [1.82, 2.24) is 10.6 Å². The quantitative estimate of drug-likeness (QED) is 0.619. The summed E-state index contributed by atoms with van der Waals surface area (Å²) in [6, 6.07) is 3.40. The Bertz CT molecular complexity index is 651. The summed E-state index contributed by atoms with van der Waals surface area (Å²) in [6.07, 6.45) is 0.0264. The van der Waals surface area contributed by atoms with Gasteiger partial charge in [-0.2, -0.15) is 0 Å². The lowest BCUT2D eigenvalue weighted by atomic mass is 10.0. The zero-order chi connectivity index (χ0) is 18.3. The summed E-state index contributed by atoms with van der Waals surface area (Å²) < 4.78 is 13.7. The van der Waals surface area contributed by atoms with Crippen molar-refractivity contribution in [2.75, 3.05) is 0 Å². The first-order valence-electron chi connectivity index (χ1n) is 7.07. The van der Waals surface area contributed by atoms with E-state index in [-0.39, 0.29) is 12.8 Å². The summed E-state index contributed by atoms with van der Waals surface area (Å²) in [5, 5.41) is 13.9. The molecule has 0 bridgehead atoms. The Morgan fingerprint density at radius 2 is 1.96 bits per heavy atom. The highest BCUT2D eigenvalue weighted by Crippen LogP contribution is 2.11. The van der Waals surface area contributed by atoms with E-state index in [9.17, 15) is 18.8 Å². The van der Waals surface area contributed by atoms with Crippen LogP contribution in [0.4, 0.5) is 4.39 Å². The molecule has 0 aliphatic carbocycles. The normalized spacial score (nSPS) is 12.8. The summed E-state index contributed by atoms with van der Waals surface area (Å²) in [7, 11) is 0.